The Morgan fingerprint density at radius 3 is 2.18 bits per heavy atom. The summed E-state index contributed by atoms with van der Waals surface area (Å²) in [5.41, 5.74) is 4.32. The Labute approximate surface area is 137 Å². The number of rotatable bonds is 2. The summed E-state index contributed by atoms with van der Waals surface area (Å²) in [4.78, 5) is 0. The van der Waals surface area contributed by atoms with Gasteiger partial charge in [0.25, 0.3) is 0 Å². The van der Waals surface area contributed by atoms with Gasteiger partial charge in [0.05, 0.1) is 11.2 Å². The summed E-state index contributed by atoms with van der Waals surface area (Å²) in [6, 6.07) is 26.9. The first-order valence-corrected chi connectivity index (χ1v) is 7.91. The number of halogens is 1. The van der Waals surface area contributed by atoms with Gasteiger partial charge in [0.2, 0.25) is 0 Å². The summed E-state index contributed by atoms with van der Waals surface area (Å²) in [5.74, 6) is 0. The fraction of sp³-hybridized carbons (Fsp3) is 0. The molecule has 4 rings (SSSR count). The van der Waals surface area contributed by atoms with E-state index in [-0.39, 0.29) is 0 Å². The topological polar surface area (TPSA) is 17.8 Å². The smallest absolute Gasteiger partial charge is 0.101 e. The van der Waals surface area contributed by atoms with E-state index >= 15 is 0 Å². The van der Waals surface area contributed by atoms with E-state index in [0.29, 0.717) is 0 Å². The number of para-hydroxylation sites is 1. The Balaban J connectivity index is 1.99. The molecule has 3 heteroatoms. The van der Waals surface area contributed by atoms with Gasteiger partial charge in [0, 0.05) is 15.4 Å². The molecule has 0 unspecified atom stereocenters. The molecule has 0 saturated heterocycles. The highest BCUT2D eigenvalue weighted by Gasteiger charge is 2.12. The molecule has 1 heterocycles. The van der Waals surface area contributed by atoms with Crippen LogP contribution in [0, 0.1) is 0 Å². The largest absolute Gasteiger partial charge is 0.232 e. The van der Waals surface area contributed by atoms with E-state index in [0.717, 1.165) is 32.3 Å². The maximum Gasteiger partial charge on any atom is 0.101 e. The van der Waals surface area contributed by atoms with Crippen LogP contribution < -0.4 is 0 Å². The molecule has 0 fully saturated rings. The quantitative estimate of drug-likeness (QED) is 0.470. The van der Waals surface area contributed by atoms with Gasteiger partial charge in [-0.3, -0.25) is 0 Å². The van der Waals surface area contributed by atoms with Crippen molar-refractivity contribution in [1.29, 1.82) is 0 Å². The molecular formula is C19H13BrN2. The van der Waals surface area contributed by atoms with Crippen molar-refractivity contribution in [2.45, 2.75) is 0 Å². The number of hydrogen-bond donors (Lipinski definition) is 0. The first-order chi connectivity index (χ1) is 10.8. The van der Waals surface area contributed by atoms with Gasteiger partial charge in [-0.1, -0.05) is 64.5 Å². The first-order valence-electron chi connectivity index (χ1n) is 7.12. The van der Waals surface area contributed by atoms with Crippen molar-refractivity contribution < 1.29 is 0 Å². The maximum atomic E-state index is 4.86. The van der Waals surface area contributed by atoms with E-state index in [9.17, 15) is 0 Å². The molecule has 2 nitrogen and oxygen atoms in total. The second-order valence-corrected chi connectivity index (χ2v) is 6.04. The average Bonchev–Trinajstić information content (AvgIpc) is 2.96. The molecule has 4 aromatic rings. The number of fused-ring (bicyclic) bond motifs is 1. The van der Waals surface area contributed by atoms with E-state index in [1.54, 1.807) is 0 Å². The third-order valence-electron chi connectivity index (χ3n) is 3.71. The standard InChI is InChI=1S/C19H13BrN2/c20-15-10-12-16(13-11-15)22-18-9-5-4-8-17(18)19(21-22)14-6-2-1-3-7-14/h1-13H. The van der Waals surface area contributed by atoms with E-state index in [2.05, 4.69) is 58.4 Å². The number of hydrogen-bond acceptors (Lipinski definition) is 1. The molecule has 0 bridgehead atoms. The van der Waals surface area contributed by atoms with Crippen molar-refractivity contribution in [3.05, 3.63) is 83.3 Å². The van der Waals surface area contributed by atoms with Crippen molar-refractivity contribution in [2.75, 3.05) is 0 Å². The van der Waals surface area contributed by atoms with Gasteiger partial charge in [-0.05, 0) is 30.3 Å². The average molecular weight is 349 g/mol. The number of benzene rings is 3. The summed E-state index contributed by atoms with van der Waals surface area (Å²) in [6.07, 6.45) is 0. The molecule has 0 aliphatic carbocycles. The Kier molecular flexibility index (Phi) is 3.28. The molecule has 22 heavy (non-hydrogen) atoms. The van der Waals surface area contributed by atoms with Crippen LogP contribution in [0.2, 0.25) is 0 Å². The Morgan fingerprint density at radius 1 is 0.727 bits per heavy atom. The van der Waals surface area contributed by atoms with E-state index in [1.165, 1.54) is 0 Å². The van der Waals surface area contributed by atoms with Crippen LogP contribution >= 0.6 is 15.9 Å². The SMILES string of the molecule is Brc1ccc(-n2nc(-c3ccccc3)c3ccccc32)cc1. The highest BCUT2D eigenvalue weighted by molar-refractivity contribution is 9.10. The van der Waals surface area contributed by atoms with Crippen LogP contribution in [0.15, 0.2) is 83.3 Å². The Morgan fingerprint density at radius 2 is 1.41 bits per heavy atom. The summed E-state index contributed by atoms with van der Waals surface area (Å²) in [7, 11) is 0. The first kappa shape index (κ1) is 13.3. The van der Waals surface area contributed by atoms with E-state index < -0.39 is 0 Å². The highest BCUT2D eigenvalue weighted by Crippen LogP contribution is 2.29. The summed E-state index contributed by atoms with van der Waals surface area (Å²) in [6.45, 7) is 0. The fourth-order valence-electron chi connectivity index (χ4n) is 2.65. The zero-order chi connectivity index (χ0) is 14.9. The van der Waals surface area contributed by atoms with Crippen LogP contribution in [0.3, 0.4) is 0 Å². The van der Waals surface area contributed by atoms with Crippen molar-refractivity contribution in [3.63, 3.8) is 0 Å². The highest BCUT2D eigenvalue weighted by atomic mass is 79.9. The minimum Gasteiger partial charge on any atom is -0.232 e. The van der Waals surface area contributed by atoms with Crippen molar-refractivity contribution in [2.24, 2.45) is 0 Å². The molecule has 0 atom stereocenters. The molecule has 0 N–H and O–H groups in total. The zero-order valence-electron chi connectivity index (χ0n) is 11.8. The van der Waals surface area contributed by atoms with Crippen LogP contribution in [0.25, 0.3) is 27.8 Å². The van der Waals surface area contributed by atoms with Gasteiger partial charge in [0.1, 0.15) is 5.69 Å². The Hall–Kier alpha value is -2.39. The molecule has 0 aliphatic heterocycles. The zero-order valence-corrected chi connectivity index (χ0v) is 13.4. The Bertz CT molecular complexity index is 925. The van der Waals surface area contributed by atoms with Gasteiger partial charge >= 0.3 is 0 Å². The van der Waals surface area contributed by atoms with E-state index in [4.69, 9.17) is 5.10 Å². The van der Waals surface area contributed by atoms with Crippen molar-refractivity contribution >= 4 is 26.8 Å². The van der Waals surface area contributed by atoms with E-state index in [1.807, 2.05) is 41.1 Å². The molecule has 0 aliphatic rings. The molecule has 0 radical (unpaired) electrons. The van der Waals surface area contributed by atoms with Gasteiger partial charge in [-0.2, -0.15) is 5.10 Å². The second-order valence-electron chi connectivity index (χ2n) is 5.12. The molecule has 1 aromatic heterocycles. The van der Waals surface area contributed by atoms with Gasteiger partial charge in [-0.15, -0.1) is 0 Å². The summed E-state index contributed by atoms with van der Waals surface area (Å²) < 4.78 is 3.07. The van der Waals surface area contributed by atoms with Crippen LogP contribution in [0.4, 0.5) is 0 Å². The summed E-state index contributed by atoms with van der Waals surface area (Å²) in [5, 5.41) is 6.02. The molecule has 0 saturated carbocycles. The lowest BCUT2D eigenvalue weighted by molar-refractivity contribution is 0.915. The third kappa shape index (κ3) is 2.24. The monoisotopic (exact) mass is 348 g/mol. The predicted octanol–water partition coefficient (Wildman–Crippen LogP) is 5.46. The lowest BCUT2D eigenvalue weighted by Gasteiger charge is -2.03. The molecular weight excluding hydrogens is 336 g/mol. The van der Waals surface area contributed by atoms with Crippen LogP contribution in [-0.2, 0) is 0 Å². The third-order valence-corrected chi connectivity index (χ3v) is 4.23. The van der Waals surface area contributed by atoms with Crippen LogP contribution in [0.1, 0.15) is 0 Å². The van der Waals surface area contributed by atoms with Gasteiger partial charge in [-0.25, -0.2) is 4.68 Å². The lowest BCUT2D eigenvalue weighted by atomic mass is 10.1. The number of nitrogens with zero attached hydrogens (tertiary/aromatic N) is 2. The minimum atomic E-state index is 1.01. The second kappa shape index (κ2) is 5.43. The molecule has 0 amide bonds. The van der Waals surface area contributed by atoms with Crippen LogP contribution in [0.5, 0.6) is 0 Å². The fourth-order valence-corrected chi connectivity index (χ4v) is 2.92. The maximum absolute atomic E-state index is 4.86. The number of aromatic nitrogens is 2. The van der Waals surface area contributed by atoms with Crippen molar-refractivity contribution in [3.8, 4) is 16.9 Å². The van der Waals surface area contributed by atoms with Crippen LogP contribution in [-0.4, -0.2) is 9.78 Å². The molecule has 0 spiro atoms. The normalized spacial score (nSPS) is 11.0. The predicted molar refractivity (Wildman–Crippen MR) is 94.2 cm³/mol. The summed E-state index contributed by atoms with van der Waals surface area (Å²) >= 11 is 3.48. The van der Waals surface area contributed by atoms with Crippen molar-refractivity contribution in [1.82, 2.24) is 9.78 Å². The minimum absolute atomic E-state index is 1.01. The van der Waals surface area contributed by atoms with Gasteiger partial charge in [0.15, 0.2) is 0 Å². The molecule has 3 aromatic carbocycles. The van der Waals surface area contributed by atoms with Gasteiger partial charge < -0.3 is 0 Å². The lowest BCUT2D eigenvalue weighted by Crippen LogP contribution is -1.95. The molecule has 106 valence electrons.